The molecule has 1 unspecified atom stereocenters. The van der Waals surface area contributed by atoms with E-state index in [1.165, 1.54) is 11.8 Å². The fraction of sp³-hybridized carbons (Fsp3) is 0.310. The van der Waals surface area contributed by atoms with Gasteiger partial charge in [-0.2, -0.15) is 0 Å². The molecular formula is C29H32Cl2N2O2S. The molecule has 1 N–H and O–H groups in total. The van der Waals surface area contributed by atoms with Crippen LogP contribution in [-0.4, -0.2) is 35.1 Å². The van der Waals surface area contributed by atoms with Gasteiger partial charge in [0.25, 0.3) is 0 Å². The van der Waals surface area contributed by atoms with E-state index in [0.29, 0.717) is 41.2 Å². The Labute approximate surface area is 228 Å². The van der Waals surface area contributed by atoms with E-state index >= 15 is 0 Å². The van der Waals surface area contributed by atoms with Crippen LogP contribution in [0.2, 0.25) is 10.0 Å². The smallest absolute Gasteiger partial charge is 0.243 e. The minimum absolute atomic E-state index is 0.104. The second-order valence-corrected chi connectivity index (χ2v) is 10.9. The molecule has 190 valence electrons. The molecule has 36 heavy (non-hydrogen) atoms. The van der Waals surface area contributed by atoms with Crippen molar-refractivity contribution in [1.29, 1.82) is 0 Å². The van der Waals surface area contributed by atoms with Gasteiger partial charge < -0.3 is 10.2 Å². The summed E-state index contributed by atoms with van der Waals surface area (Å²) in [7, 11) is 0. The zero-order chi connectivity index (χ0) is 25.9. The monoisotopic (exact) mass is 542 g/mol. The van der Waals surface area contributed by atoms with E-state index in [2.05, 4.69) is 5.32 Å². The highest BCUT2D eigenvalue weighted by Crippen LogP contribution is 2.23. The van der Waals surface area contributed by atoms with E-state index in [1.807, 2.05) is 86.6 Å². The van der Waals surface area contributed by atoms with Crippen molar-refractivity contribution in [3.8, 4) is 0 Å². The molecule has 0 aromatic heterocycles. The van der Waals surface area contributed by atoms with Crippen molar-refractivity contribution in [3.63, 3.8) is 0 Å². The third kappa shape index (κ3) is 8.88. The fourth-order valence-corrected chi connectivity index (χ4v) is 5.16. The Morgan fingerprint density at radius 3 is 2.31 bits per heavy atom. The van der Waals surface area contributed by atoms with Crippen LogP contribution in [0.25, 0.3) is 0 Å². The Balaban J connectivity index is 1.85. The second-order valence-electron chi connectivity index (χ2n) is 9.08. The van der Waals surface area contributed by atoms with Gasteiger partial charge >= 0.3 is 0 Å². The Morgan fingerprint density at radius 1 is 0.917 bits per heavy atom. The quantitative estimate of drug-likeness (QED) is 0.279. The molecule has 3 rings (SSSR count). The first kappa shape index (κ1) is 28.1. The number of carbonyl (C=O) groups excluding carboxylic acids is 2. The molecule has 1 atom stereocenters. The number of rotatable bonds is 12. The Bertz CT molecular complexity index is 1140. The molecule has 3 aromatic rings. The van der Waals surface area contributed by atoms with Crippen LogP contribution in [0, 0.1) is 5.92 Å². The summed E-state index contributed by atoms with van der Waals surface area (Å²) in [6, 6.07) is 24.2. The van der Waals surface area contributed by atoms with Crippen LogP contribution in [0.1, 0.15) is 30.5 Å². The highest BCUT2D eigenvalue weighted by molar-refractivity contribution is 7.99. The number of halogens is 2. The lowest BCUT2D eigenvalue weighted by atomic mass is 10.0. The van der Waals surface area contributed by atoms with E-state index in [1.54, 1.807) is 11.0 Å². The molecule has 0 aliphatic heterocycles. The van der Waals surface area contributed by atoms with Gasteiger partial charge in [0, 0.05) is 35.3 Å². The van der Waals surface area contributed by atoms with Crippen LogP contribution in [0.3, 0.4) is 0 Å². The third-order valence-electron chi connectivity index (χ3n) is 5.64. The predicted octanol–water partition coefficient (Wildman–Crippen LogP) is 6.64. The third-order valence-corrected chi connectivity index (χ3v) is 7.21. The maximum Gasteiger partial charge on any atom is 0.243 e. The van der Waals surface area contributed by atoms with Gasteiger partial charge in [-0.25, -0.2) is 0 Å². The molecule has 0 heterocycles. The average molecular weight is 544 g/mol. The highest BCUT2D eigenvalue weighted by Gasteiger charge is 2.30. The molecule has 0 radical (unpaired) electrons. The van der Waals surface area contributed by atoms with Crippen molar-refractivity contribution >= 4 is 46.8 Å². The van der Waals surface area contributed by atoms with Crippen molar-refractivity contribution in [1.82, 2.24) is 10.2 Å². The molecular weight excluding hydrogens is 511 g/mol. The Kier molecular flexibility index (Phi) is 11.2. The van der Waals surface area contributed by atoms with Gasteiger partial charge in [-0.3, -0.25) is 9.59 Å². The lowest BCUT2D eigenvalue weighted by molar-refractivity contribution is -0.139. The first-order chi connectivity index (χ1) is 17.3. The maximum absolute atomic E-state index is 13.6. The van der Waals surface area contributed by atoms with Gasteiger partial charge in [0.1, 0.15) is 6.04 Å². The zero-order valence-corrected chi connectivity index (χ0v) is 23.0. The first-order valence-electron chi connectivity index (χ1n) is 12.0. The molecule has 0 aliphatic carbocycles. The number of hydrogen-bond acceptors (Lipinski definition) is 3. The summed E-state index contributed by atoms with van der Waals surface area (Å²) in [5.74, 6) is 0.884. The van der Waals surface area contributed by atoms with Gasteiger partial charge in [-0.15, -0.1) is 11.8 Å². The van der Waals surface area contributed by atoms with Crippen LogP contribution >= 0.6 is 35.0 Å². The number of amides is 2. The zero-order valence-electron chi connectivity index (χ0n) is 20.6. The van der Waals surface area contributed by atoms with Crippen LogP contribution < -0.4 is 5.32 Å². The van der Waals surface area contributed by atoms with E-state index in [4.69, 9.17) is 23.2 Å². The highest BCUT2D eigenvalue weighted by atomic mass is 35.5. The van der Waals surface area contributed by atoms with Crippen molar-refractivity contribution in [3.05, 3.63) is 106 Å². The molecule has 0 aliphatic rings. The molecule has 0 saturated carbocycles. The van der Waals surface area contributed by atoms with Gasteiger partial charge in [0.15, 0.2) is 0 Å². The standard InChI is InChI=1S/C29H32Cl2N2O2S/c1-21(2)17-32-29(35)27(16-22-9-4-3-5-10-22)33(18-23-11-8-13-25(30)15-23)28(34)20-36-19-24-12-6-7-14-26(24)31/h3-15,21,27H,16-20H2,1-2H3,(H,32,35). The maximum atomic E-state index is 13.6. The average Bonchev–Trinajstić information content (AvgIpc) is 2.86. The van der Waals surface area contributed by atoms with Crippen molar-refractivity contribution in [2.45, 2.75) is 38.6 Å². The molecule has 3 aromatic carbocycles. The number of thioether (sulfide) groups is 1. The number of hydrogen-bond donors (Lipinski definition) is 1. The summed E-state index contributed by atoms with van der Waals surface area (Å²) >= 11 is 14.0. The topological polar surface area (TPSA) is 49.4 Å². The minimum atomic E-state index is -0.654. The number of nitrogens with one attached hydrogen (secondary N) is 1. The largest absolute Gasteiger partial charge is 0.354 e. The molecule has 2 amide bonds. The second kappa shape index (κ2) is 14.3. The van der Waals surface area contributed by atoms with Gasteiger partial charge in [0.05, 0.1) is 5.75 Å². The van der Waals surface area contributed by atoms with Crippen molar-refractivity contribution in [2.24, 2.45) is 5.92 Å². The van der Waals surface area contributed by atoms with Crippen molar-refractivity contribution in [2.75, 3.05) is 12.3 Å². The predicted molar refractivity (Wildman–Crippen MR) is 151 cm³/mol. The van der Waals surface area contributed by atoms with Gasteiger partial charge in [-0.1, -0.05) is 97.7 Å². The van der Waals surface area contributed by atoms with Gasteiger partial charge in [-0.05, 0) is 40.8 Å². The van der Waals surface area contributed by atoms with Crippen LogP contribution in [0.4, 0.5) is 0 Å². The van der Waals surface area contributed by atoms with E-state index in [0.717, 1.165) is 16.7 Å². The van der Waals surface area contributed by atoms with Crippen LogP contribution in [0.5, 0.6) is 0 Å². The fourth-order valence-electron chi connectivity index (χ4n) is 3.76. The lowest BCUT2D eigenvalue weighted by Crippen LogP contribution is -2.51. The SMILES string of the molecule is CC(C)CNC(=O)C(Cc1ccccc1)N(Cc1cccc(Cl)c1)C(=O)CSCc1ccccc1Cl. The Hall–Kier alpha value is -2.47. The summed E-state index contributed by atoms with van der Waals surface area (Å²) in [6.45, 7) is 4.93. The molecule has 0 spiro atoms. The number of carbonyl (C=O) groups is 2. The molecule has 0 bridgehead atoms. The van der Waals surface area contributed by atoms with E-state index < -0.39 is 6.04 Å². The summed E-state index contributed by atoms with van der Waals surface area (Å²) in [4.78, 5) is 28.8. The Morgan fingerprint density at radius 2 is 1.61 bits per heavy atom. The van der Waals surface area contributed by atoms with Crippen LogP contribution in [0.15, 0.2) is 78.9 Å². The lowest BCUT2D eigenvalue weighted by Gasteiger charge is -2.32. The number of nitrogens with zero attached hydrogens (tertiary/aromatic N) is 1. The van der Waals surface area contributed by atoms with E-state index in [-0.39, 0.29) is 17.6 Å². The number of benzene rings is 3. The summed E-state index contributed by atoms with van der Waals surface area (Å²) < 4.78 is 0. The first-order valence-corrected chi connectivity index (χ1v) is 13.9. The molecule has 7 heteroatoms. The molecule has 4 nitrogen and oxygen atoms in total. The summed E-state index contributed by atoms with van der Waals surface area (Å²) in [6.07, 6.45) is 0.423. The summed E-state index contributed by atoms with van der Waals surface area (Å²) in [5.41, 5.74) is 2.85. The molecule has 0 fully saturated rings. The normalized spacial score (nSPS) is 11.8. The van der Waals surface area contributed by atoms with Crippen LogP contribution in [-0.2, 0) is 28.3 Å². The van der Waals surface area contributed by atoms with Gasteiger partial charge in [0.2, 0.25) is 11.8 Å². The van der Waals surface area contributed by atoms with Crippen molar-refractivity contribution < 1.29 is 9.59 Å². The minimum Gasteiger partial charge on any atom is -0.354 e. The summed E-state index contributed by atoms with van der Waals surface area (Å²) in [5, 5.41) is 4.32. The van der Waals surface area contributed by atoms with E-state index in [9.17, 15) is 9.59 Å². The molecule has 0 saturated heterocycles.